The number of carbonyl (C=O) groups is 1. The molecule has 0 atom stereocenters. The van der Waals surface area contributed by atoms with Crippen molar-refractivity contribution in [2.45, 2.75) is 25.1 Å². The summed E-state index contributed by atoms with van der Waals surface area (Å²) in [6.07, 6.45) is -1.28. The molecule has 0 bridgehead atoms. The number of nitrogens with one attached hydrogen (secondary N) is 1. The second-order valence-electron chi connectivity index (χ2n) is 5.39. The van der Waals surface area contributed by atoms with Crippen molar-refractivity contribution in [1.29, 1.82) is 0 Å². The van der Waals surface area contributed by atoms with Crippen molar-refractivity contribution >= 4 is 21.8 Å². The Hall–Kier alpha value is -1.83. The van der Waals surface area contributed by atoms with E-state index in [-0.39, 0.29) is 23.1 Å². The van der Waals surface area contributed by atoms with E-state index in [1.807, 2.05) is 0 Å². The minimum atomic E-state index is -4.43. The molecule has 23 heavy (non-hydrogen) atoms. The summed E-state index contributed by atoms with van der Waals surface area (Å²) in [4.78, 5) is 11.8. The molecular weight excluding hydrogens is 331 g/mol. The Labute approximate surface area is 132 Å². The second kappa shape index (κ2) is 6.74. The molecule has 1 saturated heterocycles. The summed E-state index contributed by atoms with van der Waals surface area (Å²) in [6, 6.07) is 4.42. The minimum absolute atomic E-state index is 0.0370. The summed E-state index contributed by atoms with van der Waals surface area (Å²) in [5, 5.41) is 2.66. The zero-order valence-electron chi connectivity index (χ0n) is 12.1. The molecule has 0 aromatic heterocycles. The van der Waals surface area contributed by atoms with Crippen LogP contribution in [0.3, 0.4) is 0 Å². The van der Waals surface area contributed by atoms with Crippen LogP contribution in [0.2, 0.25) is 0 Å². The summed E-state index contributed by atoms with van der Waals surface area (Å²) in [7, 11) is -3.00. The molecule has 1 N–H and O–H groups in total. The van der Waals surface area contributed by atoms with Gasteiger partial charge in [0, 0.05) is 12.1 Å². The fraction of sp³-hybridized carbons (Fsp3) is 0.400. The zero-order valence-corrected chi connectivity index (χ0v) is 13.0. The molecule has 4 nitrogen and oxygen atoms in total. The van der Waals surface area contributed by atoms with Crippen LogP contribution in [0.25, 0.3) is 6.08 Å². The maximum atomic E-state index is 12.6. The average Bonchev–Trinajstić information content (AvgIpc) is 2.47. The fourth-order valence-electron chi connectivity index (χ4n) is 2.27. The normalized spacial score (nSPS) is 18.9. The summed E-state index contributed by atoms with van der Waals surface area (Å²) in [5.41, 5.74) is -0.515. The molecule has 0 spiro atoms. The van der Waals surface area contributed by atoms with Crippen LogP contribution in [0.15, 0.2) is 30.3 Å². The Kier molecular flexibility index (Phi) is 5.13. The van der Waals surface area contributed by atoms with Gasteiger partial charge in [-0.3, -0.25) is 4.79 Å². The molecule has 1 amide bonds. The third-order valence-corrected chi connectivity index (χ3v) is 5.26. The van der Waals surface area contributed by atoms with Crippen molar-refractivity contribution in [3.63, 3.8) is 0 Å². The van der Waals surface area contributed by atoms with Gasteiger partial charge in [-0.25, -0.2) is 8.42 Å². The first-order valence-corrected chi connectivity index (χ1v) is 8.84. The highest BCUT2D eigenvalue weighted by Crippen LogP contribution is 2.29. The molecule has 8 heteroatoms. The van der Waals surface area contributed by atoms with E-state index in [9.17, 15) is 26.4 Å². The van der Waals surface area contributed by atoms with Gasteiger partial charge in [-0.15, -0.1) is 0 Å². The van der Waals surface area contributed by atoms with Gasteiger partial charge < -0.3 is 5.32 Å². The molecular formula is C15H16F3NO3S. The predicted molar refractivity (Wildman–Crippen MR) is 80.3 cm³/mol. The van der Waals surface area contributed by atoms with Crippen molar-refractivity contribution < 1.29 is 26.4 Å². The first-order valence-electron chi connectivity index (χ1n) is 7.02. The van der Waals surface area contributed by atoms with E-state index in [1.54, 1.807) is 0 Å². The SMILES string of the molecule is O=C(/C=C/c1cccc(C(F)(F)F)c1)NC1CCS(=O)(=O)CC1. The number of sulfone groups is 1. The minimum Gasteiger partial charge on any atom is -0.350 e. The molecule has 1 aliphatic rings. The highest BCUT2D eigenvalue weighted by Gasteiger charge is 2.30. The number of carbonyl (C=O) groups excluding carboxylic acids is 1. The standard InChI is InChI=1S/C15H16F3NO3S/c16-15(17,18)12-3-1-2-11(10-12)4-5-14(20)19-13-6-8-23(21,22)9-7-13/h1-5,10,13H,6-9H2,(H,19,20)/b5-4+. The lowest BCUT2D eigenvalue weighted by Gasteiger charge is -2.22. The Morgan fingerprint density at radius 3 is 2.48 bits per heavy atom. The van der Waals surface area contributed by atoms with Gasteiger partial charge in [-0.2, -0.15) is 13.2 Å². The van der Waals surface area contributed by atoms with Gasteiger partial charge in [0.15, 0.2) is 0 Å². The maximum absolute atomic E-state index is 12.6. The van der Waals surface area contributed by atoms with Crippen LogP contribution in [0.5, 0.6) is 0 Å². The van der Waals surface area contributed by atoms with Crippen LogP contribution < -0.4 is 5.32 Å². The lowest BCUT2D eigenvalue weighted by Crippen LogP contribution is -2.40. The molecule has 1 fully saturated rings. The molecule has 1 heterocycles. The number of halogens is 3. The zero-order chi connectivity index (χ0) is 17.1. The predicted octanol–water partition coefficient (Wildman–Crippen LogP) is 2.41. The first-order chi connectivity index (χ1) is 10.7. The monoisotopic (exact) mass is 347 g/mol. The summed E-state index contributed by atoms with van der Waals surface area (Å²) < 4.78 is 60.3. The van der Waals surface area contributed by atoms with Crippen molar-refractivity contribution in [3.8, 4) is 0 Å². The lowest BCUT2D eigenvalue weighted by molar-refractivity contribution is -0.137. The van der Waals surface area contributed by atoms with Crippen LogP contribution in [0.4, 0.5) is 13.2 Å². The quantitative estimate of drug-likeness (QED) is 0.854. The summed E-state index contributed by atoms with van der Waals surface area (Å²) in [5.74, 6) is -0.378. The maximum Gasteiger partial charge on any atom is 0.416 e. The van der Waals surface area contributed by atoms with Gasteiger partial charge in [0.05, 0.1) is 17.1 Å². The first kappa shape index (κ1) is 17.5. The topological polar surface area (TPSA) is 63.2 Å². The molecule has 0 unspecified atom stereocenters. The molecule has 1 aromatic rings. The number of benzene rings is 1. The molecule has 1 aliphatic heterocycles. The fourth-order valence-corrected chi connectivity index (χ4v) is 3.77. The van der Waals surface area contributed by atoms with Gasteiger partial charge >= 0.3 is 6.18 Å². The van der Waals surface area contributed by atoms with Crippen LogP contribution in [0, 0.1) is 0 Å². The highest BCUT2D eigenvalue weighted by atomic mass is 32.2. The van der Waals surface area contributed by atoms with Crippen LogP contribution >= 0.6 is 0 Å². The molecule has 126 valence electrons. The van der Waals surface area contributed by atoms with Gasteiger partial charge in [0.1, 0.15) is 9.84 Å². The largest absolute Gasteiger partial charge is 0.416 e. The summed E-state index contributed by atoms with van der Waals surface area (Å²) >= 11 is 0. The number of amides is 1. The molecule has 2 rings (SSSR count). The summed E-state index contributed by atoms with van der Waals surface area (Å²) in [6.45, 7) is 0. The lowest BCUT2D eigenvalue weighted by atomic mass is 10.1. The van der Waals surface area contributed by atoms with Crippen LogP contribution in [-0.4, -0.2) is 31.9 Å². The smallest absolute Gasteiger partial charge is 0.350 e. The third-order valence-electron chi connectivity index (χ3n) is 3.54. The van der Waals surface area contributed by atoms with Crippen molar-refractivity contribution in [3.05, 3.63) is 41.5 Å². The van der Waals surface area contributed by atoms with E-state index >= 15 is 0 Å². The molecule has 0 saturated carbocycles. The van der Waals surface area contributed by atoms with E-state index in [0.29, 0.717) is 12.8 Å². The van der Waals surface area contributed by atoms with Crippen LogP contribution in [0.1, 0.15) is 24.0 Å². The average molecular weight is 347 g/mol. The molecule has 0 radical (unpaired) electrons. The van der Waals surface area contributed by atoms with E-state index in [4.69, 9.17) is 0 Å². The Morgan fingerprint density at radius 2 is 1.87 bits per heavy atom. The Morgan fingerprint density at radius 1 is 1.22 bits per heavy atom. The number of hydrogen-bond acceptors (Lipinski definition) is 3. The van der Waals surface area contributed by atoms with Gasteiger partial charge in [0.2, 0.25) is 5.91 Å². The van der Waals surface area contributed by atoms with Crippen molar-refractivity contribution in [1.82, 2.24) is 5.32 Å². The molecule has 1 aromatic carbocycles. The second-order valence-corrected chi connectivity index (χ2v) is 7.69. The molecule has 0 aliphatic carbocycles. The van der Waals surface area contributed by atoms with Gasteiger partial charge in [-0.1, -0.05) is 12.1 Å². The van der Waals surface area contributed by atoms with Crippen molar-refractivity contribution in [2.75, 3.05) is 11.5 Å². The van der Waals surface area contributed by atoms with Crippen LogP contribution in [-0.2, 0) is 20.8 Å². The Bertz CT molecular complexity index is 697. The number of rotatable bonds is 3. The van der Waals surface area contributed by atoms with E-state index in [2.05, 4.69) is 5.32 Å². The highest BCUT2D eigenvalue weighted by molar-refractivity contribution is 7.91. The van der Waals surface area contributed by atoms with Gasteiger partial charge in [0.25, 0.3) is 0 Å². The van der Waals surface area contributed by atoms with E-state index < -0.39 is 27.5 Å². The number of alkyl halides is 3. The van der Waals surface area contributed by atoms with Gasteiger partial charge in [-0.05, 0) is 36.6 Å². The Balaban J connectivity index is 1.94. The van der Waals surface area contributed by atoms with E-state index in [0.717, 1.165) is 18.2 Å². The number of hydrogen-bond donors (Lipinski definition) is 1. The third kappa shape index (κ3) is 5.38. The van der Waals surface area contributed by atoms with E-state index in [1.165, 1.54) is 18.2 Å². The van der Waals surface area contributed by atoms with Crippen molar-refractivity contribution in [2.24, 2.45) is 0 Å².